The minimum Gasteiger partial charge on any atom is -0.598 e. The first-order chi connectivity index (χ1) is 12.1. The highest BCUT2D eigenvalue weighted by Gasteiger charge is 2.39. The van der Waals surface area contributed by atoms with Gasteiger partial charge in [-0.15, -0.1) is 4.72 Å². The van der Waals surface area contributed by atoms with Crippen LogP contribution in [-0.2, 0) is 15.8 Å². The van der Waals surface area contributed by atoms with Crippen molar-refractivity contribution >= 4 is 37.2 Å². The second kappa shape index (κ2) is 8.84. The zero-order valence-electron chi connectivity index (χ0n) is 17.5. The molecule has 1 aromatic carbocycles. The summed E-state index contributed by atoms with van der Waals surface area (Å²) in [5.41, 5.74) is 0.794. The Hall–Kier alpha value is -0.573. The van der Waals surface area contributed by atoms with E-state index in [9.17, 15) is 9.35 Å². The summed E-state index contributed by atoms with van der Waals surface area (Å²) in [4.78, 5) is 11.2. The van der Waals surface area contributed by atoms with Crippen LogP contribution in [0, 0.1) is 0 Å². The van der Waals surface area contributed by atoms with Crippen molar-refractivity contribution in [3.8, 4) is 0 Å². The van der Waals surface area contributed by atoms with E-state index in [0.29, 0.717) is 17.2 Å². The van der Waals surface area contributed by atoms with Crippen molar-refractivity contribution in [3.05, 3.63) is 34.3 Å². The predicted molar refractivity (Wildman–Crippen MR) is 115 cm³/mol. The van der Waals surface area contributed by atoms with Crippen molar-refractivity contribution in [3.63, 3.8) is 0 Å². The molecule has 2 atom stereocenters. The van der Waals surface area contributed by atoms with Crippen LogP contribution >= 0.6 is 11.6 Å². The topological polar surface area (TPSA) is 81.6 Å². The first-order valence-electron chi connectivity index (χ1n) is 8.91. The molecule has 1 aromatic rings. The minimum atomic E-state index is -2.02. The lowest BCUT2D eigenvalue weighted by Crippen LogP contribution is -2.46. The maximum absolute atomic E-state index is 12.7. The van der Waals surface area contributed by atoms with Crippen LogP contribution in [0.4, 0.5) is 0 Å². The van der Waals surface area contributed by atoms with Gasteiger partial charge in [0, 0.05) is 16.4 Å². The molecule has 1 rings (SSSR count). The van der Waals surface area contributed by atoms with Crippen molar-refractivity contribution in [2.24, 2.45) is 0 Å². The highest BCUT2D eigenvalue weighted by Crippen LogP contribution is 2.37. The average Bonchev–Trinajstić information content (AvgIpc) is 2.49. The number of nitrogens with one attached hydrogen (secondary N) is 1. The Bertz CT molecular complexity index is 671. The van der Waals surface area contributed by atoms with Crippen molar-refractivity contribution in [2.75, 3.05) is 6.61 Å². The molecule has 2 unspecified atom stereocenters. The summed E-state index contributed by atoms with van der Waals surface area (Å²) in [6, 6.07) is 4.18. The third-order valence-corrected chi connectivity index (χ3v) is 11.3. The van der Waals surface area contributed by atoms with Gasteiger partial charge in [0.1, 0.15) is 10.8 Å². The summed E-state index contributed by atoms with van der Waals surface area (Å²) in [7, 11) is -2.02. The Balaban J connectivity index is 3.17. The minimum absolute atomic E-state index is 0.0394. The summed E-state index contributed by atoms with van der Waals surface area (Å²) in [6.07, 6.45) is 0. The Labute approximate surface area is 172 Å². The van der Waals surface area contributed by atoms with Gasteiger partial charge in [-0.2, -0.15) is 0 Å². The molecule has 2 N–H and O–H groups in total. The van der Waals surface area contributed by atoms with E-state index in [-0.39, 0.29) is 10.6 Å². The molecule has 0 aliphatic heterocycles. The van der Waals surface area contributed by atoms with Gasteiger partial charge in [0.2, 0.25) is 0 Å². The van der Waals surface area contributed by atoms with Crippen molar-refractivity contribution < 1.29 is 18.9 Å². The molecule has 0 bridgehead atoms. The lowest BCUT2D eigenvalue weighted by atomic mass is 10.1. The van der Waals surface area contributed by atoms with Gasteiger partial charge in [0.15, 0.2) is 8.32 Å². The van der Waals surface area contributed by atoms with E-state index in [1.807, 2.05) is 20.8 Å². The molecule has 154 valence electrons. The first-order valence-corrected chi connectivity index (χ1v) is 13.3. The summed E-state index contributed by atoms with van der Waals surface area (Å²) in [5, 5.41) is 9.50. The van der Waals surface area contributed by atoms with Crippen LogP contribution in [-0.4, -0.2) is 35.3 Å². The molecule has 0 radical (unpaired) electrons. The number of carboxylic acids is 1. The largest absolute Gasteiger partial charge is 0.598 e. The van der Waals surface area contributed by atoms with Gasteiger partial charge in [-0.25, -0.2) is 4.79 Å². The number of benzene rings is 1. The SMILES string of the molecule is CC(C)(C)[S+]([O-])NC(CO[Si](C)(C)C(C)(C)C)c1ccc(C(=O)O)cc1Cl. The fourth-order valence-corrected chi connectivity index (χ4v) is 4.08. The first kappa shape index (κ1) is 24.5. The number of carbonyl (C=O) groups is 1. The van der Waals surface area contributed by atoms with Crippen LogP contribution in [0.3, 0.4) is 0 Å². The molecule has 0 aliphatic rings. The molecule has 5 nitrogen and oxygen atoms in total. The zero-order chi connectivity index (χ0) is 21.2. The maximum Gasteiger partial charge on any atom is 0.335 e. The normalized spacial score (nSPS) is 15.5. The fourth-order valence-electron chi connectivity index (χ4n) is 1.94. The van der Waals surface area contributed by atoms with Crippen LogP contribution in [0.2, 0.25) is 23.2 Å². The van der Waals surface area contributed by atoms with Gasteiger partial charge in [0.25, 0.3) is 0 Å². The number of hydrogen-bond donors (Lipinski definition) is 2. The quantitative estimate of drug-likeness (QED) is 0.458. The molecule has 8 heteroatoms. The predicted octanol–water partition coefficient (Wildman–Crippen LogP) is 5.15. The van der Waals surface area contributed by atoms with Gasteiger partial charge in [0.05, 0.1) is 12.2 Å². The van der Waals surface area contributed by atoms with E-state index in [2.05, 4.69) is 38.6 Å². The summed E-state index contributed by atoms with van der Waals surface area (Å²) >= 11 is 5.03. The van der Waals surface area contributed by atoms with Gasteiger partial charge in [-0.05, 0) is 56.6 Å². The molecule has 0 amide bonds. The summed E-state index contributed by atoms with van der Waals surface area (Å²) in [5.74, 6) is -1.04. The summed E-state index contributed by atoms with van der Waals surface area (Å²) in [6.45, 7) is 16.7. The standard InChI is InChI=1S/C19H32ClNO4SSi/c1-18(2,3)26(24)21-16(12-25-27(7,8)19(4,5)6)14-10-9-13(17(22)23)11-15(14)20/h9-11,16,21H,12H2,1-8H3,(H,22,23). The Kier molecular flexibility index (Phi) is 8.01. The van der Waals surface area contributed by atoms with Crippen LogP contribution in [0.25, 0.3) is 0 Å². The van der Waals surface area contributed by atoms with E-state index in [1.165, 1.54) is 12.1 Å². The smallest absolute Gasteiger partial charge is 0.335 e. The Morgan fingerprint density at radius 3 is 2.26 bits per heavy atom. The third kappa shape index (κ3) is 6.76. The number of rotatable bonds is 7. The van der Waals surface area contributed by atoms with Gasteiger partial charge in [-0.3, -0.25) is 0 Å². The molecule has 27 heavy (non-hydrogen) atoms. The van der Waals surface area contributed by atoms with Crippen LogP contribution < -0.4 is 4.72 Å². The van der Waals surface area contributed by atoms with E-state index in [1.54, 1.807) is 6.07 Å². The van der Waals surface area contributed by atoms with Crippen molar-refractivity contribution in [1.82, 2.24) is 4.72 Å². The highest BCUT2D eigenvalue weighted by atomic mass is 35.5. The number of halogens is 1. The number of hydrogen-bond acceptors (Lipinski definition) is 4. The van der Waals surface area contributed by atoms with Crippen molar-refractivity contribution in [2.45, 2.75) is 70.5 Å². The lowest BCUT2D eigenvalue weighted by molar-refractivity contribution is 0.0697. The van der Waals surface area contributed by atoms with Crippen LogP contribution in [0.1, 0.15) is 63.5 Å². The summed E-state index contributed by atoms with van der Waals surface area (Å²) < 4.78 is 21.7. The molecule has 0 aliphatic carbocycles. The molecular formula is C19H32ClNO4SSi. The van der Waals surface area contributed by atoms with Gasteiger partial charge >= 0.3 is 5.97 Å². The average molecular weight is 434 g/mol. The molecule has 0 aromatic heterocycles. The maximum atomic E-state index is 12.7. The Morgan fingerprint density at radius 1 is 1.30 bits per heavy atom. The van der Waals surface area contributed by atoms with Gasteiger partial charge in [-0.1, -0.05) is 38.4 Å². The molecular weight excluding hydrogens is 402 g/mol. The Morgan fingerprint density at radius 2 is 1.85 bits per heavy atom. The second-order valence-electron chi connectivity index (χ2n) is 9.16. The number of carboxylic acid groups (broad SMARTS) is 1. The monoisotopic (exact) mass is 433 g/mol. The van der Waals surface area contributed by atoms with E-state index in [0.717, 1.165) is 0 Å². The zero-order valence-corrected chi connectivity index (χ0v) is 20.0. The van der Waals surface area contributed by atoms with E-state index in [4.69, 9.17) is 21.1 Å². The molecule has 0 heterocycles. The van der Waals surface area contributed by atoms with Crippen LogP contribution in [0.5, 0.6) is 0 Å². The van der Waals surface area contributed by atoms with Crippen molar-refractivity contribution in [1.29, 1.82) is 0 Å². The molecule has 0 fully saturated rings. The van der Waals surface area contributed by atoms with E-state index >= 15 is 0 Å². The van der Waals surface area contributed by atoms with Gasteiger partial charge < -0.3 is 14.1 Å². The van der Waals surface area contributed by atoms with Crippen LogP contribution in [0.15, 0.2) is 18.2 Å². The highest BCUT2D eigenvalue weighted by molar-refractivity contribution is 7.90. The third-order valence-electron chi connectivity index (χ3n) is 4.85. The molecule has 0 spiro atoms. The molecule has 0 saturated carbocycles. The lowest BCUT2D eigenvalue weighted by Gasteiger charge is -2.38. The number of aromatic carboxylic acids is 1. The second-order valence-corrected chi connectivity index (χ2v) is 16.4. The molecule has 0 saturated heterocycles. The van der Waals surface area contributed by atoms with E-state index < -0.39 is 36.4 Å². The fraction of sp³-hybridized carbons (Fsp3) is 0.632.